The van der Waals surface area contributed by atoms with E-state index in [2.05, 4.69) is 10.1 Å². The standard InChI is InChI=1S/C10H18N4O/c1-13(2)6-4-8-14-7-3-5-9(14)10(11)12-15/h3,5,7,15H,4,6,8H2,1-2H3,(H2,11,12). The van der Waals surface area contributed by atoms with Gasteiger partial charge in [0.15, 0.2) is 5.84 Å². The van der Waals surface area contributed by atoms with E-state index >= 15 is 0 Å². The van der Waals surface area contributed by atoms with E-state index in [9.17, 15) is 0 Å². The number of aryl methyl sites for hydroxylation is 1. The van der Waals surface area contributed by atoms with E-state index in [1.165, 1.54) is 0 Å². The quantitative estimate of drug-likeness (QED) is 0.322. The molecule has 3 N–H and O–H groups in total. The topological polar surface area (TPSA) is 66.8 Å². The van der Waals surface area contributed by atoms with Gasteiger partial charge in [0.25, 0.3) is 0 Å². The molecule has 84 valence electrons. The van der Waals surface area contributed by atoms with E-state index in [-0.39, 0.29) is 5.84 Å². The van der Waals surface area contributed by atoms with Gasteiger partial charge in [-0.25, -0.2) is 0 Å². The maximum absolute atomic E-state index is 8.59. The van der Waals surface area contributed by atoms with Crippen LogP contribution in [0.3, 0.4) is 0 Å². The summed E-state index contributed by atoms with van der Waals surface area (Å²) in [5, 5.41) is 11.6. The molecule has 0 saturated heterocycles. The average molecular weight is 210 g/mol. The third-order valence-corrected chi connectivity index (χ3v) is 2.20. The van der Waals surface area contributed by atoms with E-state index in [0.717, 1.165) is 25.2 Å². The zero-order valence-electron chi connectivity index (χ0n) is 9.22. The maximum atomic E-state index is 8.59. The molecule has 0 spiro atoms. The van der Waals surface area contributed by atoms with Crippen LogP contribution in [-0.2, 0) is 6.54 Å². The third kappa shape index (κ3) is 3.28. The van der Waals surface area contributed by atoms with Crippen LogP contribution >= 0.6 is 0 Å². The van der Waals surface area contributed by atoms with Crippen LogP contribution in [0.15, 0.2) is 23.5 Å². The van der Waals surface area contributed by atoms with Crippen molar-refractivity contribution in [1.82, 2.24) is 9.47 Å². The average Bonchev–Trinajstić information content (AvgIpc) is 2.64. The lowest BCUT2D eigenvalue weighted by Crippen LogP contribution is -2.20. The van der Waals surface area contributed by atoms with Crippen molar-refractivity contribution < 1.29 is 5.21 Å². The first-order chi connectivity index (χ1) is 7.15. The highest BCUT2D eigenvalue weighted by atomic mass is 16.4. The largest absolute Gasteiger partial charge is 0.409 e. The van der Waals surface area contributed by atoms with E-state index in [0.29, 0.717) is 0 Å². The predicted octanol–water partition coefficient (Wildman–Crippen LogP) is 0.534. The first-order valence-corrected chi connectivity index (χ1v) is 4.93. The Hall–Kier alpha value is -1.49. The zero-order valence-corrected chi connectivity index (χ0v) is 9.22. The summed E-state index contributed by atoms with van der Waals surface area (Å²) in [7, 11) is 4.08. The molecule has 1 aromatic rings. The summed E-state index contributed by atoms with van der Waals surface area (Å²) >= 11 is 0. The number of aromatic nitrogens is 1. The molecule has 0 aliphatic rings. The Morgan fingerprint density at radius 2 is 2.33 bits per heavy atom. The van der Waals surface area contributed by atoms with Crippen molar-refractivity contribution in [3.63, 3.8) is 0 Å². The molecule has 0 aromatic carbocycles. The first-order valence-electron chi connectivity index (χ1n) is 4.93. The van der Waals surface area contributed by atoms with Gasteiger partial charge < -0.3 is 20.4 Å². The van der Waals surface area contributed by atoms with Crippen LogP contribution in [-0.4, -0.2) is 41.1 Å². The van der Waals surface area contributed by atoms with Gasteiger partial charge in [-0.05, 0) is 39.2 Å². The van der Waals surface area contributed by atoms with Gasteiger partial charge >= 0.3 is 0 Å². The SMILES string of the molecule is CN(C)CCCn1cccc1/C(N)=N/O. The monoisotopic (exact) mass is 210 g/mol. The second kappa shape index (κ2) is 5.41. The van der Waals surface area contributed by atoms with Crippen LogP contribution in [0.4, 0.5) is 0 Å². The highest BCUT2D eigenvalue weighted by Crippen LogP contribution is 2.03. The van der Waals surface area contributed by atoms with Gasteiger partial charge in [-0.15, -0.1) is 0 Å². The fraction of sp³-hybridized carbons (Fsp3) is 0.500. The second-order valence-corrected chi connectivity index (χ2v) is 3.73. The molecule has 15 heavy (non-hydrogen) atoms. The number of hydrogen-bond donors (Lipinski definition) is 2. The van der Waals surface area contributed by atoms with Crippen molar-refractivity contribution in [3.05, 3.63) is 24.0 Å². The van der Waals surface area contributed by atoms with Crippen molar-refractivity contribution >= 4 is 5.84 Å². The summed E-state index contributed by atoms with van der Waals surface area (Å²) in [6.07, 6.45) is 2.97. The van der Waals surface area contributed by atoms with Crippen molar-refractivity contribution in [3.8, 4) is 0 Å². The number of amidine groups is 1. The molecular weight excluding hydrogens is 192 g/mol. The molecule has 1 rings (SSSR count). The number of oxime groups is 1. The van der Waals surface area contributed by atoms with Gasteiger partial charge in [-0.2, -0.15) is 0 Å². The number of nitrogens with two attached hydrogens (primary N) is 1. The molecule has 0 radical (unpaired) electrons. The smallest absolute Gasteiger partial charge is 0.186 e. The highest BCUT2D eigenvalue weighted by molar-refractivity contribution is 5.95. The molecule has 5 nitrogen and oxygen atoms in total. The molecule has 0 saturated carbocycles. The Morgan fingerprint density at radius 1 is 1.60 bits per heavy atom. The van der Waals surface area contributed by atoms with Crippen molar-refractivity contribution in [1.29, 1.82) is 0 Å². The van der Waals surface area contributed by atoms with Gasteiger partial charge in [-0.3, -0.25) is 0 Å². The maximum Gasteiger partial charge on any atom is 0.186 e. The summed E-state index contributed by atoms with van der Waals surface area (Å²) < 4.78 is 1.98. The van der Waals surface area contributed by atoms with Crippen LogP contribution in [0.1, 0.15) is 12.1 Å². The molecule has 0 amide bonds. The number of rotatable bonds is 5. The molecule has 0 bridgehead atoms. The number of hydrogen-bond acceptors (Lipinski definition) is 3. The van der Waals surface area contributed by atoms with Crippen molar-refractivity contribution in [2.45, 2.75) is 13.0 Å². The Kier molecular flexibility index (Phi) is 4.17. The van der Waals surface area contributed by atoms with Gasteiger partial charge in [0.2, 0.25) is 0 Å². The van der Waals surface area contributed by atoms with Gasteiger partial charge in [-0.1, -0.05) is 5.16 Å². The molecule has 1 aromatic heterocycles. The van der Waals surface area contributed by atoms with Crippen LogP contribution in [0.25, 0.3) is 0 Å². The molecule has 0 fully saturated rings. The summed E-state index contributed by atoms with van der Waals surface area (Å²) in [5.74, 6) is 0.157. The summed E-state index contributed by atoms with van der Waals surface area (Å²) in [6.45, 7) is 1.89. The fourth-order valence-corrected chi connectivity index (χ4v) is 1.45. The summed E-state index contributed by atoms with van der Waals surface area (Å²) in [4.78, 5) is 2.13. The van der Waals surface area contributed by atoms with E-state index in [1.807, 2.05) is 37.0 Å². The Balaban J connectivity index is 2.58. The van der Waals surface area contributed by atoms with Crippen molar-refractivity contribution in [2.24, 2.45) is 10.9 Å². The van der Waals surface area contributed by atoms with Crippen molar-refractivity contribution in [2.75, 3.05) is 20.6 Å². The third-order valence-electron chi connectivity index (χ3n) is 2.20. The minimum Gasteiger partial charge on any atom is -0.409 e. The van der Waals surface area contributed by atoms with Crippen LogP contribution in [0.2, 0.25) is 0 Å². The minimum atomic E-state index is 0.157. The zero-order chi connectivity index (χ0) is 11.3. The molecule has 0 aliphatic heterocycles. The Bertz CT molecular complexity index is 330. The molecule has 0 unspecified atom stereocenters. The van der Waals surface area contributed by atoms with Crippen LogP contribution < -0.4 is 5.73 Å². The highest BCUT2D eigenvalue weighted by Gasteiger charge is 2.04. The lowest BCUT2D eigenvalue weighted by atomic mass is 10.3. The molecular formula is C10H18N4O. The molecule has 0 atom stereocenters. The Morgan fingerprint density at radius 3 is 2.93 bits per heavy atom. The van der Waals surface area contributed by atoms with Gasteiger partial charge in [0.05, 0.1) is 5.69 Å². The van der Waals surface area contributed by atoms with Crippen LogP contribution in [0, 0.1) is 0 Å². The molecule has 1 heterocycles. The van der Waals surface area contributed by atoms with Gasteiger partial charge in [0, 0.05) is 12.7 Å². The van der Waals surface area contributed by atoms with Gasteiger partial charge in [0.1, 0.15) is 0 Å². The van der Waals surface area contributed by atoms with E-state index < -0.39 is 0 Å². The minimum absolute atomic E-state index is 0.157. The normalized spacial score (nSPS) is 12.3. The molecule has 0 aliphatic carbocycles. The fourth-order valence-electron chi connectivity index (χ4n) is 1.45. The first kappa shape index (κ1) is 11.6. The van der Waals surface area contributed by atoms with Crippen LogP contribution in [0.5, 0.6) is 0 Å². The lowest BCUT2D eigenvalue weighted by molar-refractivity contribution is 0.318. The second-order valence-electron chi connectivity index (χ2n) is 3.73. The number of nitrogens with zero attached hydrogens (tertiary/aromatic N) is 3. The van der Waals surface area contributed by atoms with E-state index in [1.54, 1.807) is 0 Å². The molecule has 5 heteroatoms. The summed E-state index contributed by atoms with van der Waals surface area (Å²) in [6, 6.07) is 3.73. The lowest BCUT2D eigenvalue weighted by Gasteiger charge is -2.11. The summed E-state index contributed by atoms with van der Waals surface area (Å²) in [5.41, 5.74) is 6.30. The predicted molar refractivity (Wildman–Crippen MR) is 60.1 cm³/mol. The Labute approximate surface area is 89.8 Å². The van der Waals surface area contributed by atoms with E-state index in [4.69, 9.17) is 10.9 Å².